The lowest BCUT2D eigenvalue weighted by Crippen LogP contribution is -2.13. The summed E-state index contributed by atoms with van der Waals surface area (Å²) in [6.07, 6.45) is 0.883. The summed E-state index contributed by atoms with van der Waals surface area (Å²) >= 11 is 3.19. The zero-order valence-electron chi connectivity index (χ0n) is 11.2. The third-order valence-electron chi connectivity index (χ3n) is 2.98. The predicted molar refractivity (Wildman–Crippen MR) is 84.6 cm³/mol. The molecule has 0 aliphatic rings. The molecule has 0 spiro atoms. The number of alkyl halides is 1. The third kappa shape index (κ3) is 3.61. The Morgan fingerprint density at radius 2 is 1.85 bits per heavy atom. The minimum atomic E-state index is -0.115. The monoisotopic (exact) mass is 333 g/mol. The first-order chi connectivity index (χ1) is 9.74. The van der Waals surface area contributed by atoms with Gasteiger partial charge in [-0.3, -0.25) is 4.79 Å². The summed E-state index contributed by atoms with van der Waals surface area (Å²) in [5.74, 6) is 0.615. The lowest BCUT2D eigenvalue weighted by molar-refractivity contribution is 0.102. The Hall–Kier alpha value is -1.81. The molecule has 2 aromatic rings. The molecule has 4 heteroatoms. The Kier molecular flexibility index (Phi) is 5.18. The van der Waals surface area contributed by atoms with Crippen molar-refractivity contribution in [1.82, 2.24) is 0 Å². The maximum atomic E-state index is 12.2. The lowest BCUT2D eigenvalue weighted by atomic mass is 10.1. The Balaban J connectivity index is 2.11. The van der Waals surface area contributed by atoms with Crippen molar-refractivity contribution < 1.29 is 9.53 Å². The van der Waals surface area contributed by atoms with Crippen LogP contribution in [0.2, 0.25) is 0 Å². The van der Waals surface area contributed by atoms with E-state index in [2.05, 4.69) is 28.2 Å². The summed E-state index contributed by atoms with van der Waals surface area (Å²) in [5, 5.41) is 2.94. The SMILES string of the molecule is CCc1ccccc1NC(=O)c1ccc(OCBr)cc1. The molecule has 3 nitrogen and oxygen atoms in total. The largest absolute Gasteiger partial charge is 0.482 e. The van der Waals surface area contributed by atoms with Crippen LogP contribution in [0.25, 0.3) is 0 Å². The van der Waals surface area contributed by atoms with Crippen molar-refractivity contribution in [1.29, 1.82) is 0 Å². The van der Waals surface area contributed by atoms with E-state index in [9.17, 15) is 4.79 Å². The number of rotatable bonds is 5. The molecular weight excluding hydrogens is 318 g/mol. The molecule has 2 aromatic carbocycles. The normalized spacial score (nSPS) is 10.1. The predicted octanol–water partition coefficient (Wildman–Crippen LogP) is 4.23. The maximum Gasteiger partial charge on any atom is 0.255 e. The highest BCUT2D eigenvalue weighted by Gasteiger charge is 2.08. The second-order valence-corrected chi connectivity index (χ2v) is 4.70. The number of ether oxygens (including phenoxy) is 1. The number of anilines is 1. The summed E-state index contributed by atoms with van der Waals surface area (Å²) in [7, 11) is 0. The smallest absolute Gasteiger partial charge is 0.255 e. The Labute approximate surface area is 127 Å². The zero-order chi connectivity index (χ0) is 14.4. The number of para-hydroxylation sites is 1. The van der Waals surface area contributed by atoms with E-state index in [0.717, 1.165) is 23.4 Å². The number of amides is 1. The second kappa shape index (κ2) is 7.10. The fraction of sp³-hybridized carbons (Fsp3) is 0.188. The minimum absolute atomic E-state index is 0.115. The molecule has 20 heavy (non-hydrogen) atoms. The van der Waals surface area contributed by atoms with Crippen molar-refractivity contribution in [3.8, 4) is 5.75 Å². The Bertz CT molecular complexity index is 581. The van der Waals surface area contributed by atoms with Crippen molar-refractivity contribution in [2.75, 3.05) is 10.8 Å². The van der Waals surface area contributed by atoms with Gasteiger partial charge in [-0.15, -0.1) is 0 Å². The molecule has 0 aliphatic carbocycles. The van der Waals surface area contributed by atoms with E-state index in [0.29, 0.717) is 11.1 Å². The molecule has 104 valence electrons. The van der Waals surface area contributed by atoms with Gasteiger partial charge >= 0.3 is 0 Å². The van der Waals surface area contributed by atoms with Gasteiger partial charge in [0.15, 0.2) is 0 Å². The molecule has 0 saturated heterocycles. The summed E-state index contributed by atoms with van der Waals surface area (Å²) in [5.41, 5.74) is 3.03. The van der Waals surface area contributed by atoms with Crippen molar-refractivity contribution in [3.63, 3.8) is 0 Å². The Morgan fingerprint density at radius 3 is 2.50 bits per heavy atom. The first-order valence-electron chi connectivity index (χ1n) is 6.42. The topological polar surface area (TPSA) is 38.3 Å². The molecule has 0 saturated carbocycles. The van der Waals surface area contributed by atoms with Gasteiger partial charge in [-0.2, -0.15) is 0 Å². The van der Waals surface area contributed by atoms with E-state index < -0.39 is 0 Å². The third-order valence-corrected chi connectivity index (χ3v) is 3.21. The van der Waals surface area contributed by atoms with Crippen LogP contribution in [0.3, 0.4) is 0 Å². The van der Waals surface area contributed by atoms with Crippen LogP contribution in [-0.2, 0) is 6.42 Å². The van der Waals surface area contributed by atoms with Crippen LogP contribution < -0.4 is 10.1 Å². The van der Waals surface area contributed by atoms with Gasteiger partial charge in [0.2, 0.25) is 0 Å². The maximum absolute atomic E-state index is 12.2. The van der Waals surface area contributed by atoms with Crippen LogP contribution in [0.4, 0.5) is 5.69 Å². The minimum Gasteiger partial charge on any atom is -0.482 e. The van der Waals surface area contributed by atoms with Crippen LogP contribution in [0.5, 0.6) is 5.75 Å². The van der Waals surface area contributed by atoms with E-state index in [4.69, 9.17) is 4.74 Å². The molecule has 0 aliphatic heterocycles. The number of nitrogens with one attached hydrogen (secondary N) is 1. The van der Waals surface area contributed by atoms with E-state index in [-0.39, 0.29) is 5.91 Å². The lowest BCUT2D eigenvalue weighted by Gasteiger charge is -2.10. The van der Waals surface area contributed by atoms with Crippen LogP contribution in [0.15, 0.2) is 48.5 Å². The van der Waals surface area contributed by atoms with Crippen molar-refractivity contribution >= 4 is 27.5 Å². The van der Waals surface area contributed by atoms with Crippen LogP contribution in [0, 0.1) is 0 Å². The second-order valence-electron chi connectivity index (χ2n) is 4.24. The molecule has 0 radical (unpaired) electrons. The average Bonchev–Trinajstić information content (AvgIpc) is 2.49. The van der Waals surface area contributed by atoms with Crippen molar-refractivity contribution in [3.05, 3.63) is 59.7 Å². The number of carbonyl (C=O) groups is 1. The molecule has 2 rings (SSSR count). The number of hydrogen-bond donors (Lipinski definition) is 1. The van der Waals surface area contributed by atoms with Crippen LogP contribution >= 0.6 is 15.9 Å². The van der Waals surface area contributed by atoms with E-state index in [1.165, 1.54) is 0 Å². The van der Waals surface area contributed by atoms with Gasteiger partial charge in [-0.1, -0.05) is 25.1 Å². The van der Waals surface area contributed by atoms with E-state index in [1.54, 1.807) is 24.3 Å². The van der Waals surface area contributed by atoms with Gasteiger partial charge in [0.1, 0.15) is 11.3 Å². The van der Waals surface area contributed by atoms with Crippen molar-refractivity contribution in [2.24, 2.45) is 0 Å². The highest BCUT2D eigenvalue weighted by molar-refractivity contribution is 9.09. The van der Waals surface area contributed by atoms with Gasteiger partial charge in [0, 0.05) is 11.3 Å². The van der Waals surface area contributed by atoms with Gasteiger partial charge in [0.25, 0.3) is 5.91 Å². The highest BCUT2D eigenvalue weighted by atomic mass is 79.9. The highest BCUT2D eigenvalue weighted by Crippen LogP contribution is 2.18. The Morgan fingerprint density at radius 1 is 1.15 bits per heavy atom. The first-order valence-corrected chi connectivity index (χ1v) is 7.55. The number of benzene rings is 2. The molecule has 0 atom stereocenters. The summed E-state index contributed by atoms with van der Waals surface area (Å²) in [6, 6.07) is 14.9. The van der Waals surface area contributed by atoms with Gasteiger partial charge in [-0.25, -0.2) is 0 Å². The molecule has 0 aromatic heterocycles. The summed E-state index contributed by atoms with van der Waals surface area (Å²) in [4.78, 5) is 12.2. The molecule has 0 bridgehead atoms. The molecule has 0 unspecified atom stereocenters. The van der Waals surface area contributed by atoms with E-state index in [1.807, 2.05) is 24.3 Å². The molecule has 1 N–H and O–H groups in total. The molecule has 0 heterocycles. The molecule has 0 fully saturated rings. The van der Waals surface area contributed by atoms with Gasteiger partial charge in [0.05, 0.1) is 0 Å². The van der Waals surface area contributed by atoms with E-state index >= 15 is 0 Å². The fourth-order valence-electron chi connectivity index (χ4n) is 1.91. The van der Waals surface area contributed by atoms with Gasteiger partial charge in [-0.05, 0) is 58.2 Å². The van der Waals surface area contributed by atoms with Crippen LogP contribution in [-0.4, -0.2) is 11.4 Å². The standard InChI is InChI=1S/C16H16BrNO2/c1-2-12-5-3-4-6-15(12)18-16(19)13-7-9-14(10-8-13)20-11-17/h3-10H,2,11H2,1H3,(H,18,19). The number of carbonyl (C=O) groups excluding carboxylic acids is 1. The summed E-state index contributed by atoms with van der Waals surface area (Å²) < 4.78 is 5.28. The fourth-order valence-corrected chi connectivity index (χ4v) is 2.17. The number of halogens is 1. The zero-order valence-corrected chi connectivity index (χ0v) is 12.8. The van der Waals surface area contributed by atoms with Crippen LogP contribution in [0.1, 0.15) is 22.8 Å². The quantitative estimate of drug-likeness (QED) is 0.831. The number of aryl methyl sites for hydroxylation is 1. The molecule has 1 amide bonds. The average molecular weight is 334 g/mol. The number of hydrogen-bond acceptors (Lipinski definition) is 2. The van der Waals surface area contributed by atoms with Crippen molar-refractivity contribution in [2.45, 2.75) is 13.3 Å². The molecular formula is C16H16BrNO2. The summed E-state index contributed by atoms with van der Waals surface area (Å²) in [6.45, 7) is 2.07. The first kappa shape index (κ1) is 14.6. The van der Waals surface area contributed by atoms with Gasteiger partial charge < -0.3 is 10.1 Å².